The minimum absolute atomic E-state index is 0.323. The molecule has 1 aliphatic rings. The van der Waals surface area contributed by atoms with Crippen LogP contribution in [0.2, 0.25) is 0 Å². The zero-order chi connectivity index (χ0) is 13.6. The third-order valence-electron chi connectivity index (χ3n) is 3.77. The van der Waals surface area contributed by atoms with E-state index in [4.69, 9.17) is 4.74 Å². The van der Waals surface area contributed by atoms with Crippen LogP contribution in [0.3, 0.4) is 0 Å². The number of benzene rings is 1. The highest BCUT2D eigenvalue weighted by molar-refractivity contribution is 5.83. The van der Waals surface area contributed by atoms with E-state index in [0.717, 1.165) is 36.6 Å². The minimum Gasteiger partial charge on any atom is -0.490 e. The van der Waals surface area contributed by atoms with Gasteiger partial charge in [-0.2, -0.15) is 0 Å². The van der Waals surface area contributed by atoms with E-state index in [2.05, 4.69) is 54.5 Å². The number of ether oxygens (including phenoxy) is 1. The van der Waals surface area contributed by atoms with E-state index < -0.39 is 0 Å². The molecule has 4 heteroatoms. The fourth-order valence-corrected chi connectivity index (χ4v) is 2.83. The van der Waals surface area contributed by atoms with Crippen LogP contribution >= 0.6 is 0 Å². The van der Waals surface area contributed by atoms with Crippen molar-refractivity contribution in [1.29, 1.82) is 0 Å². The van der Waals surface area contributed by atoms with Gasteiger partial charge >= 0.3 is 0 Å². The summed E-state index contributed by atoms with van der Waals surface area (Å²) in [5.74, 6) is 2.11. The van der Waals surface area contributed by atoms with Crippen molar-refractivity contribution in [2.45, 2.75) is 39.5 Å². The molecule has 3 rings (SSSR count). The molecule has 2 heterocycles. The van der Waals surface area contributed by atoms with E-state index in [-0.39, 0.29) is 0 Å². The first-order chi connectivity index (χ1) is 9.10. The summed E-state index contributed by atoms with van der Waals surface area (Å²) in [6.07, 6.45) is 2.38. The van der Waals surface area contributed by atoms with Crippen molar-refractivity contribution in [2.24, 2.45) is 0 Å². The lowest BCUT2D eigenvalue weighted by molar-refractivity contribution is 0.228. The Hall–Kier alpha value is -1.55. The molecule has 0 aliphatic carbocycles. The molecule has 102 valence electrons. The zero-order valence-electron chi connectivity index (χ0n) is 12.1. The fraction of sp³-hybridized carbons (Fsp3) is 0.533. The molecule has 0 N–H and O–H groups in total. The standard InChI is InChI=1S/C15H21N3O/c1-5-11-8-12-14(19-11)7-6-13-15(12)18(9-17(3)4)10(2)16-13/h6-7,11H,5,8-9H2,1-4H3. The Balaban J connectivity index is 2.17. The van der Waals surface area contributed by atoms with Crippen LogP contribution in [0.25, 0.3) is 11.0 Å². The van der Waals surface area contributed by atoms with Gasteiger partial charge in [-0.1, -0.05) is 6.92 Å². The highest BCUT2D eigenvalue weighted by Crippen LogP contribution is 2.36. The van der Waals surface area contributed by atoms with Gasteiger partial charge in [0, 0.05) is 12.0 Å². The van der Waals surface area contributed by atoms with Crippen LogP contribution in [0.5, 0.6) is 5.75 Å². The molecule has 0 radical (unpaired) electrons. The Morgan fingerprint density at radius 1 is 1.42 bits per heavy atom. The third-order valence-corrected chi connectivity index (χ3v) is 3.77. The lowest BCUT2D eigenvalue weighted by atomic mass is 10.1. The Morgan fingerprint density at radius 2 is 2.21 bits per heavy atom. The van der Waals surface area contributed by atoms with Crippen LogP contribution in [0.15, 0.2) is 12.1 Å². The Morgan fingerprint density at radius 3 is 2.89 bits per heavy atom. The summed E-state index contributed by atoms with van der Waals surface area (Å²) in [5, 5.41) is 0. The molecule has 0 fully saturated rings. The van der Waals surface area contributed by atoms with Gasteiger partial charge in [0.25, 0.3) is 0 Å². The van der Waals surface area contributed by atoms with Gasteiger partial charge in [-0.3, -0.25) is 4.90 Å². The first-order valence-corrected chi connectivity index (χ1v) is 6.90. The summed E-state index contributed by atoms with van der Waals surface area (Å²) in [6, 6.07) is 4.14. The third kappa shape index (κ3) is 2.00. The number of imidazole rings is 1. The van der Waals surface area contributed by atoms with Gasteiger partial charge in [0.2, 0.25) is 0 Å². The number of fused-ring (bicyclic) bond motifs is 3. The molecule has 1 unspecified atom stereocenters. The number of hydrogen-bond acceptors (Lipinski definition) is 3. The first kappa shape index (κ1) is 12.5. The second kappa shape index (κ2) is 4.53. The summed E-state index contributed by atoms with van der Waals surface area (Å²) < 4.78 is 8.27. The number of aromatic nitrogens is 2. The molecule has 19 heavy (non-hydrogen) atoms. The predicted molar refractivity (Wildman–Crippen MR) is 76.6 cm³/mol. The molecule has 1 aromatic heterocycles. The number of aryl methyl sites for hydroxylation is 1. The van der Waals surface area contributed by atoms with Gasteiger partial charge in [0.15, 0.2) is 0 Å². The first-order valence-electron chi connectivity index (χ1n) is 6.90. The van der Waals surface area contributed by atoms with Crippen LogP contribution in [0.1, 0.15) is 24.7 Å². The van der Waals surface area contributed by atoms with Gasteiger partial charge in [-0.05, 0) is 39.6 Å². The largest absolute Gasteiger partial charge is 0.490 e. The SMILES string of the molecule is CCC1Cc2c(ccc3nc(C)n(CN(C)C)c23)O1. The highest BCUT2D eigenvalue weighted by atomic mass is 16.5. The molecule has 1 aromatic carbocycles. The molecule has 1 aliphatic heterocycles. The van der Waals surface area contributed by atoms with Crippen molar-refractivity contribution in [3.8, 4) is 5.75 Å². The second-order valence-electron chi connectivity index (χ2n) is 5.57. The topological polar surface area (TPSA) is 30.3 Å². The monoisotopic (exact) mass is 259 g/mol. The summed E-state index contributed by atoms with van der Waals surface area (Å²) in [5.41, 5.74) is 3.66. The number of rotatable bonds is 3. The maximum Gasteiger partial charge on any atom is 0.125 e. The van der Waals surface area contributed by atoms with Crippen LogP contribution < -0.4 is 4.74 Å². The molecule has 0 bridgehead atoms. The molecule has 1 atom stereocenters. The van der Waals surface area contributed by atoms with Crippen molar-refractivity contribution in [3.05, 3.63) is 23.5 Å². The molecule has 4 nitrogen and oxygen atoms in total. The quantitative estimate of drug-likeness (QED) is 0.848. The van der Waals surface area contributed by atoms with Crippen LogP contribution in [0.4, 0.5) is 0 Å². The van der Waals surface area contributed by atoms with E-state index >= 15 is 0 Å². The average molecular weight is 259 g/mol. The summed E-state index contributed by atoms with van der Waals surface area (Å²) >= 11 is 0. The lowest BCUT2D eigenvalue weighted by Gasteiger charge is -2.14. The smallest absolute Gasteiger partial charge is 0.125 e. The highest BCUT2D eigenvalue weighted by Gasteiger charge is 2.26. The fourth-order valence-electron chi connectivity index (χ4n) is 2.83. The van der Waals surface area contributed by atoms with E-state index in [0.29, 0.717) is 6.10 Å². The lowest BCUT2D eigenvalue weighted by Crippen LogP contribution is -2.18. The molecule has 0 amide bonds. The zero-order valence-corrected chi connectivity index (χ0v) is 12.1. The second-order valence-corrected chi connectivity index (χ2v) is 5.57. The maximum atomic E-state index is 5.98. The summed E-state index contributed by atoms with van der Waals surface area (Å²) in [7, 11) is 4.17. The average Bonchev–Trinajstić information content (AvgIpc) is 2.90. The molecule has 0 spiro atoms. The predicted octanol–water partition coefficient (Wildman–Crippen LogP) is 2.58. The van der Waals surface area contributed by atoms with Gasteiger partial charge in [0.05, 0.1) is 17.7 Å². The van der Waals surface area contributed by atoms with Gasteiger partial charge in [-0.25, -0.2) is 4.98 Å². The van der Waals surface area contributed by atoms with E-state index in [9.17, 15) is 0 Å². The van der Waals surface area contributed by atoms with Gasteiger partial charge in [-0.15, -0.1) is 0 Å². The Bertz CT molecular complexity index is 615. The number of nitrogens with zero attached hydrogens (tertiary/aromatic N) is 3. The van der Waals surface area contributed by atoms with Crippen molar-refractivity contribution in [1.82, 2.24) is 14.5 Å². The Labute approximate surface area is 114 Å². The van der Waals surface area contributed by atoms with Gasteiger partial charge in [0.1, 0.15) is 17.7 Å². The van der Waals surface area contributed by atoms with Crippen LogP contribution in [-0.4, -0.2) is 34.7 Å². The minimum atomic E-state index is 0.323. The molecule has 2 aromatic rings. The number of hydrogen-bond donors (Lipinski definition) is 0. The maximum absolute atomic E-state index is 5.98. The van der Waals surface area contributed by atoms with Crippen molar-refractivity contribution >= 4 is 11.0 Å². The van der Waals surface area contributed by atoms with Crippen LogP contribution in [-0.2, 0) is 13.1 Å². The molecular weight excluding hydrogens is 238 g/mol. The van der Waals surface area contributed by atoms with Crippen molar-refractivity contribution in [2.75, 3.05) is 14.1 Å². The van der Waals surface area contributed by atoms with Crippen LogP contribution in [0, 0.1) is 6.92 Å². The Kier molecular flexibility index (Phi) is 2.97. The summed E-state index contributed by atoms with van der Waals surface area (Å²) in [6.45, 7) is 5.11. The van der Waals surface area contributed by atoms with Crippen molar-refractivity contribution in [3.63, 3.8) is 0 Å². The molecular formula is C15H21N3O. The van der Waals surface area contributed by atoms with E-state index in [1.54, 1.807) is 0 Å². The molecule has 0 saturated heterocycles. The van der Waals surface area contributed by atoms with E-state index in [1.807, 2.05) is 0 Å². The van der Waals surface area contributed by atoms with Crippen molar-refractivity contribution < 1.29 is 4.74 Å². The van der Waals surface area contributed by atoms with Gasteiger partial charge < -0.3 is 9.30 Å². The molecule has 0 saturated carbocycles. The normalized spacial score (nSPS) is 18.1. The van der Waals surface area contributed by atoms with E-state index in [1.165, 1.54) is 11.1 Å². The summed E-state index contributed by atoms with van der Waals surface area (Å²) in [4.78, 5) is 6.84.